The molecule has 0 radical (unpaired) electrons. The fourth-order valence-electron chi connectivity index (χ4n) is 4.59. The second-order valence-corrected chi connectivity index (χ2v) is 9.87. The largest absolute Gasteiger partial charge is 0.359 e. The number of nitrogens with zero attached hydrogens (tertiary/aromatic N) is 2. The summed E-state index contributed by atoms with van der Waals surface area (Å²) in [7, 11) is 0. The van der Waals surface area contributed by atoms with Gasteiger partial charge in [0.05, 0.1) is 11.7 Å². The number of hydrogen-bond acceptors (Lipinski definition) is 3. The van der Waals surface area contributed by atoms with Gasteiger partial charge in [-0.05, 0) is 69.8 Å². The zero-order chi connectivity index (χ0) is 25.0. The second-order valence-electron chi connectivity index (χ2n) is 8.95. The fourth-order valence-corrected chi connectivity index (χ4v) is 5.10. The zero-order valence-electron chi connectivity index (χ0n) is 20.1. The Balaban J connectivity index is 1.41. The molecule has 4 aromatic carbocycles. The van der Waals surface area contributed by atoms with Crippen molar-refractivity contribution in [2.45, 2.75) is 6.04 Å². The lowest BCUT2D eigenvalue weighted by molar-refractivity contribution is 0.780. The highest BCUT2D eigenvalue weighted by Crippen LogP contribution is 2.33. The average molecular weight is 542 g/mol. The first kappa shape index (κ1) is 23.1. The van der Waals surface area contributed by atoms with Gasteiger partial charge in [-0.25, -0.2) is 4.99 Å². The van der Waals surface area contributed by atoms with Gasteiger partial charge in [0.2, 0.25) is 0 Å². The van der Waals surface area contributed by atoms with E-state index in [0.717, 1.165) is 43.8 Å². The van der Waals surface area contributed by atoms with Crippen molar-refractivity contribution in [3.05, 3.63) is 155 Å². The summed E-state index contributed by atoms with van der Waals surface area (Å²) in [4.78, 5) is 9.22. The monoisotopic (exact) mass is 541 g/mol. The molecule has 0 bridgehead atoms. The zero-order valence-corrected chi connectivity index (χ0v) is 21.6. The number of benzene rings is 4. The predicted molar refractivity (Wildman–Crippen MR) is 156 cm³/mol. The molecule has 5 aromatic rings. The Hall–Kier alpha value is -4.28. The van der Waals surface area contributed by atoms with Gasteiger partial charge in [-0.3, -0.25) is 4.98 Å². The maximum absolute atomic E-state index is 5.05. The Kier molecular flexibility index (Phi) is 6.49. The number of rotatable bonds is 5. The van der Waals surface area contributed by atoms with Crippen LogP contribution >= 0.6 is 15.9 Å². The SMILES string of the molecule is Brc1cc(-c2ccncc2)cc(C2C=C(c3ccc(-c4ccccc4)cc3)N=C(c3ccccc3)N2)c1. The highest BCUT2D eigenvalue weighted by Gasteiger charge is 2.20. The van der Waals surface area contributed by atoms with Crippen molar-refractivity contribution in [2.24, 2.45) is 4.99 Å². The Labute approximate surface area is 225 Å². The van der Waals surface area contributed by atoms with Crippen LogP contribution in [0.4, 0.5) is 0 Å². The van der Waals surface area contributed by atoms with Gasteiger partial charge in [0.15, 0.2) is 0 Å². The third-order valence-electron chi connectivity index (χ3n) is 6.48. The van der Waals surface area contributed by atoms with Gasteiger partial charge in [-0.2, -0.15) is 0 Å². The van der Waals surface area contributed by atoms with Crippen LogP contribution in [0.3, 0.4) is 0 Å². The molecule has 6 rings (SSSR count). The van der Waals surface area contributed by atoms with Crippen LogP contribution in [0, 0.1) is 0 Å². The lowest BCUT2D eigenvalue weighted by atomic mass is 9.96. The van der Waals surface area contributed by atoms with Gasteiger partial charge in [-0.1, -0.05) is 101 Å². The predicted octanol–water partition coefficient (Wildman–Crippen LogP) is 8.31. The lowest BCUT2D eigenvalue weighted by Crippen LogP contribution is -2.31. The van der Waals surface area contributed by atoms with Crippen LogP contribution < -0.4 is 5.32 Å². The first-order valence-electron chi connectivity index (χ1n) is 12.2. The minimum atomic E-state index is -0.0467. The number of pyridine rings is 1. The first-order chi connectivity index (χ1) is 18.2. The van der Waals surface area contributed by atoms with Crippen molar-refractivity contribution < 1.29 is 0 Å². The van der Waals surface area contributed by atoms with Crippen LogP contribution in [0.2, 0.25) is 0 Å². The highest BCUT2D eigenvalue weighted by atomic mass is 79.9. The van der Waals surface area contributed by atoms with Crippen molar-refractivity contribution in [2.75, 3.05) is 0 Å². The topological polar surface area (TPSA) is 37.3 Å². The van der Waals surface area contributed by atoms with Gasteiger partial charge < -0.3 is 5.32 Å². The minimum absolute atomic E-state index is 0.0467. The highest BCUT2D eigenvalue weighted by molar-refractivity contribution is 9.10. The quantitative estimate of drug-likeness (QED) is 0.243. The summed E-state index contributed by atoms with van der Waals surface area (Å²) in [6, 6.07) is 40.0. The number of aliphatic imine (C=N–C) groups is 1. The molecule has 1 aliphatic heterocycles. The summed E-state index contributed by atoms with van der Waals surface area (Å²) in [5, 5.41) is 3.67. The van der Waals surface area contributed by atoms with Gasteiger partial charge in [0.1, 0.15) is 5.84 Å². The normalized spacial score (nSPS) is 14.9. The van der Waals surface area contributed by atoms with Crippen LogP contribution in [0.1, 0.15) is 22.7 Å². The van der Waals surface area contributed by atoms with Crippen molar-refractivity contribution in [1.29, 1.82) is 0 Å². The smallest absolute Gasteiger partial charge is 0.134 e. The van der Waals surface area contributed by atoms with E-state index in [0.29, 0.717) is 0 Å². The number of aromatic nitrogens is 1. The van der Waals surface area contributed by atoms with Crippen molar-refractivity contribution in [3.63, 3.8) is 0 Å². The molecule has 1 N–H and O–H groups in total. The molecule has 0 aliphatic carbocycles. The summed E-state index contributed by atoms with van der Waals surface area (Å²) in [6.45, 7) is 0. The number of amidine groups is 1. The van der Waals surface area contributed by atoms with E-state index in [1.165, 1.54) is 11.1 Å². The molecule has 37 heavy (non-hydrogen) atoms. The molecule has 3 nitrogen and oxygen atoms in total. The number of nitrogens with one attached hydrogen (secondary N) is 1. The van der Waals surface area contributed by atoms with E-state index in [1.54, 1.807) is 0 Å². The molecule has 0 spiro atoms. The Morgan fingerprint density at radius 2 is 1.16 bits per heavy atom. The molecular formula is C33H24BrN3. The van der Waals surface area contributed by atoms with Gasteiger partial charge >= 0.3 is 0 Å². The van der Waals surface area contributed by atoms with Crippen molar-refractivity contribution in [3.8, 4) is 22.3 Å². The standard InChI is InChI=1S/C33H24BrN3/c34-30-20-28(25-15-17-35-18-16-25)19-29(21-30)32-22-31(36-33(37-32)27-9-5-2-6-10-27)26-13-11-24(12-14-26)23-7-3-1-4-8-23/h1-22,32H,(H,36,37). The van der Waals surface area contributed by atoms with E-state index in [2.05, 4.69) is 111 Å². The van der Waals surface area contributed by atoms with E-state index in [4.69, 9.17) is 4.99 Å². The molecule has 178 valence electrons. The maximum atomic E-state index is 5.05. The minimum Gasteiger partial charge on any atom is -0.359 e. The van der Waals surface area contributed by atoms with E-state index < -0.39 is 0 Å². The molecule has 0 amide bonds. The molecule has 0 saturated carbocycles. The molecule has 1 atom stereocenters. The summed E-state index contributed by atoms with van der Waals surface area (Å²) in [5.74, 6) is 0.862. The van der Waals surface area contributed by atoms with Gasteiger partial charge in [-0.15, -0.1) is 0 Å². The molecule has 1 aromatic heterocycles. The number of halogens is 1. The molecule has 1 aliphatic rings. The van der Waals surface area contributed by atoms with Crippen LogP contribution in [0.15, 0.2) is 143 Å². The molecule has 0 fully saturated rings. The van der Waals surface area contributed by atoms with Crippen LogP contribution in [-0.2, 0) is 0 Å². The lowest BCUT2D eigenvalue weighted by Gasteiger charge is -2.25. The first-order valence-corrected chi connectivity index (χ1v) is 13.0. The summed E-state index contributed by atoms with van der Waals surface area (Å²) in [6.07, 6.45) is 5.86. The molecular weight excluding hydrogens is 518 g/mol. The van der Waals surface area contributed by atoms with E-state index >= 15 is 0 Å². The van der Waals surface area contributed by atoms with Gasteiger partial charge in [0.25, 0.3) is 0 Å². The summed E-state index contributed by atoms with van der Waals surface area (Å²) >= 11 is 3.73. The maximum Gasteiger partial charge on any atom is 0.134 e. The molecule has 1 unspecified atom stereocenters. The van der Waals surface area contributed by atoms with E-state index in [1.807, 2.05) is 48.8 Å². The number of hydrogen-bond donors (Lipinski definition) is 1. The summed E-state index contributed by atoms with van der Waals surface area (Å²) < 4.78 is 1.03. The Bertz CT molecular complexity index is 1580. The van der Waals surface area contributed by atoms with Crippen molar-refractivity contribution >= 4 is 27.5 Å². The van der Waals surface area contributed by atoms with Crippen LogP contribution in [0.5, 0.6) is 0 Å². The molecule has 2 heterocycles. The third-order valence-corrected chi connectivity index (χ3v) is 6.93. The van der Waals surface area contributed by atoms with Crippen LogP contribution in [0.25, 0.3) is 28.0 Å². The Morgan fingerprint density at radius 1 is 0.568 bits per heavy atom. The van der Waals surface area contributed by atoms with Gasteiger partial charge in [0, 0.05) is 22.4 Å². The molecule has 0 saturated heterocycles. The third kappa shape index (κ3) is 5.16. The second kappa shape index (κ2) is 10.4. The van der Waals surface area contributed by atoms with E-state index in [-0.39, 0.29) is 6.04 Å². The Morgan fingerprint density at radius 3 is 1.86 bits per heavy atom. The van der Waals surface area contributed by atoms with Crippen molar-refractivity contribution in [1.82, 2.24) is 10.3 Å². The molecule has 4 heteroatoms. The average Bonchev–Trinajstić information content (AvgIpc) is 2.98. The van der Waals surface area contributed by atoms with Crippen LogP contribution in [-0.4, -0.2) is 10.8 Å². The summed E-state index contributed by atoms with van der Waals surface area (Å²) in [5.41, 5.74) is 8.92. The fraction of sp³-hybridized carbons (Fsp3) is 0.0303. The van der Waals surface area contributed by atoms with E-state index in [9.17, 15) is 0 Å².